The molecule has 0 bridgehead atoms. The van der Waals surface area contributed by atoms with E-state index in [1.165, 1.54) is 12.1 Å². The molecule has 5 heteroatoms. The maximum absolute atomic E-state index is 12.8. The summed E-state index contributed by atoms with van der Waals surface area (Å²) in [6, 6.07) is 3.68. The third-order valence-corrected chi connectivity index (χ3v) is 2.62. The van der Waals surface area contributed by atoms with Crippen LogP contribution in [0.25, 0.3) is 0 Å². The third kappa shape index (κ3) is 4.71. The fourth-order valence-electron chi connectivity index (χ4n) is 1.50. The Bertz CT molecular complexity index is 398. The average molecular weight is 259 g/mol. The molecular weight excluding hydrogens is 243 g/mol. The van der Waals surface area contributed by atoms with Crippen molar-refractivity contribution in [1.29, 1.82) is 0 Å². The topological polar surface area (TPSA) is 55.1 Å². The molecule has 3 nitrogen and oxygen atoms in total. The van der Waals surface area contributed by atoms with Crippen molar-refractivity contribution >= 4 is 23.2 Å². The quantitative estimate of drug-likeness (QED) is 0.853. The normalized spacial score (nSPS) is 12.2. The number of hydrogen-bond acceptors (Lipinski definition) is 2. The summed E-state index contributed by atoms with van der Waals surface area (Å²) in [7, 11) is 0. The number of hydrogen-bond donors (Lipinski definition) is 2. The predicted molar refractivity (Wildman–Crippen MR) is 67.5 cm³/mol. The maximum atomic E-state index is 12.8. The zero-order valence-electron chi connectivity index (χ0n) is 9.67. The van der Waals surface area contributed by atoms with Gasteiger partial charge >= 0.3 is 0 Å². The first-order valence-electron chi connectivity index (χ1n) is 5.53. The van der Waals surface area contributed by atoms with Crippen molar-refractivity contribution in [1.82, 2.24) is 0 Å². The summed E-state index contributed by atoms with van der Waals surface area (Å²) in [5, 5.41) is 2.79. The van der Waals surface area contributed by atoms with Gasteiger partial charge < -0.3 is 11.1 Å². The molecule has 1 atom stereocenters. The van der Waals surface area contributed by atoms with E-state index in [-0.39, 0.29) is 23.4 Å². The molecule has 0 saturated carbocycles. The predicted octanol–water partition coefficient (Wildman–Crippen LogP) is 2.94. The molecule has 0 fully saturated rings. The summed E-state index contributed by atoms with van der Waals surface area (Å²) < 4.78 is 12.8. The van der Waals surface area contributed by atoms with Crippen LogP contribution >= 0.6 is 11.6 Å². The van der Waals surface area contributed by atoms with Gasteiger partial charge in [-0.1, -0.05) is 24.9 Å². The molecule has 0 aliphatic rings. The van der Waals surface area contributed by atoms with E-state index in [4.69, 9.17) is 17.3 Å². The van der Waals surface area contributed by atoms with Crippen molar-refractivity contribution in [2.45, 2.75) is 32.2 Å². The van der Waals surface area contributed by atoms with Crippen LogP contribution in [0.15, 0.2) is 18.2 Å². The van der Waals surface area contributed by atoms with Gasteiger partial charge in [-0.25, -0.2) is 4.39 Å². The highest BCUT2D eigenvalue weighted by atomic mass is 35.5. The van der Waals surface area contributed by atoms with Gasteiger partial charge in [-0.3, -0.25) is 4.79 Å². The van der Waals surface area contributed by atoms with Gasteiger partial charge in [0.15, 0.2) is 0 Å². The second-order valence-electron chi connectivity index (χ2n) is 3.93. The molecule has 0 saturated heterocycles. The molecule has 1 aromatic carbocycles. The van der Waals surface area contributed by atoms with E-state index in [1.807, 2.05) is 6.92 Å². The van der Waals surface area contributed by atoms with Gasteiger partial charge in [0.1, 0.15) is 5.82 Å². The number of amides is 1. The van der Waals surface area contributed by atoms with E-state index < -0.39 is 5.82 Å². The van der Waals surface area contributed by atoms with Gasteiger partial charge in [0.25, 0.3) is 0 Å². The van der Waals surface area contributed by atoms with Crippen LogP contribution < -0.4 is 11.1 Å². The first kappa shape index (κ1) is 13.9. The molecular formula is C12H16ClFN2O. The molecule has 0 heterocycles. The summed E-state index contributed by atoms with van der Waals surface area (Å²) in [4.78, 5) is 11.6. The largest absolute Gasteiger partial charge is 0.327 e. The smallest absolute Gasteiger partial charge is 0.225 e. The van der Waals surface area contributed by atoms with Crippen LogP contribution in [-0.2, 0) is 4.79 Å². The lowest BCUT2D eigenvalue weighted by atomic mass is 10.1. The van der Waals surface area contributed by atoms with Gasteiger partial charge in [0, 0.05) is 12.5 Å². The third-order valence-electron chi connectivity index (χ3n) is 2.31. The number of carbonyl (C=O) groups excluding carboxylic acids is 1. The molecule has 0 spiro atoms. The number of carbonyl (C=O) groups is 1. The Morgan fingerprint density at radius 3 is 2.88 bits per heavy atom. The van der Waals surface area contributed by atoms with Crippen LogP contribution in [0.1, 0.15) is 26.2 Å². The van der Waals surface area contributed by atoms with E-state index >= 15 is 0 Å². The van der Waals surface area contributed by atoms with Crippen molar-refractivity contribution in [3.63, 3.8) is 0 Å². The van der Waals surface area contributed by atoms with Crippen LogP contribution in [0, 0.1) is 5.82 Å². The average Bonchev–Trinajstić information content (AvgIpc) is 2.22. The molecule has 94 valence electrons. The SMILES string of the molecule is CCCC(N)CC(=O)Nc1ccc(F)cc1Cl. The van der Waals surface area contributed by atoms with Crippen LogP contribution in [0.3, 0.4) is 0 Å². The molecule has 0 aliphatic heterocycles. The Labute approximate surface area is 105 Å². The maximum Gasteiger partial charge on any atom is 0.225 e. The number of nitrogens with two attached hydrogens (primary N) is 1. The first-order chi connectivity index (χ1) is 8.02. The molecule has 1 unspecified atom stereocenters. The lowest BCUT2D eigenvalue weighted by Crippen LogP contribution is -2.26. The molecule has 0 aromatic heterocycles. The standard InChI is InChI=1S/C12H16ClFN2O/c1-2-3-9(15)7-12(17)16-11-5-4-8(14)6-10(11)13/h4-6,9H,2-3,7,15H2,1H3,(H,16,17). The Morgan fingerprint density at radius 2 is 2.29 bits per heavy atom. The van der Waals surface area contributed by atoms with Crippen LogP contribution in [0.5, 0.6) is 0 Å². The van der Waals surface area contributed by atoms with Crippen molar-refractivity contribution in [2.24, 2.45) is 5.73 Å². The Kier molecular flexibility index (Phi) is 5.38. The first-order valence-corrected chi connectivity index (χ1v) is 5.91. The Hall–Kier alpha value is -1.13. The van der Waals surface area contributed by atoms with Gasteiger partial charge in [-0.2, -0.15) is 0 Å². The highest BCUT2D eigenvalue weighted by molar-refractivity contribution is 6.33. The Morgan fingerprint density at radius 1 is 1.59 bits per heavy atom. The van der Waals surface area contributed by atoms with Gasteiger partial charge in [-0.15, -0.1) is 0 Å². The molecule has 0 radical (unpaired) electrons. The summed E-state index contributed by atoms with van der Waals surface area (Å²) in [6.07, 6.45) is 1.97. The minimum Gasteiger partial charge on any atom is -0.327 e. The zero-order valence-corrected chi connectivity index (χ0v) is 10.4. The summed E-state index contributed by atoms with van der Waals surface area (Å²) >= 11 is 5.79. The lowest BCUT2D eigenvalue weighted by Gasteiger charge is -2.11. The van der Waals surface area contributed by atoms with Crippen molar-refractivity contribution in [3.05, 3.63) is 29.0 Å². The molecule has 1 amide bonds. The van der Waals surface area contributed by atoms with E-state index in [1.54, 1.807) is 0 Å². The van der Waals surface area contributed by atoms with Crippen LogP contribution in [-0.4, -0.2) is 11.9 Å². The van der Waals surface area contributed by atoms with Gasteiger partial charge in [0.2, 0.25) is 5.91 Å². The summed E-state index contributed by atoms with van der Waals surface area (Å²) in [5.41, 5.74) is 6.15. The lowest BCUT2D eigenvalue weighted by molar-refractivity contribution is -0.116. The second kappa shape index (κ2) is 6.57. The molecule has 17 heavy (non-hydrogen) atoms. The molecule has 1 aromatic rings. The molecule has 0 aliphatic carbocycles. The minimum absolute atomic E-state index is 0.153. The van der Waals surface area contributed by atoms with E-state index in [2.05, 4.69) is 5.32 Å². The fraction of sp³-hybridized carbons (Fsp3) is 0.417. The summed E-state index contributed by atoms with van der Waals surface area (Å²) in [6.45, 7) is 2.01. The van der Waals surface area contributed by atoms with Gasteiger partial charge in [-0.05, 0) is 24.6 Å². The highest BCUT2D eigenvalue weighted by Crippen LogP contribution is 2.22. The highest BCUT2D eigenvalue weighted by Gasteiger charge is 2.10. The van der Waals surface area contributed by atoms with Crippen molar-refractivity contribution < 1.29 is 9.18 Å². The van der Waals surface area contributed by atoms with Crippen LogP contribution in [0.4, 0.5) is 10.1 Å². The summed E-state index contributed by atoms with van der Waals surface area (Å²) in [5.74, 6) is -0.643. The number of benzene rings is 1. The Balaban J connectivity index is 2.56. The molecule has 3 N–H and O–H groups in total. The monoisotopic (exact) mass is 258 g/mol. The van der Waals surface area contributed by atoms with E-state index in [0.717, 1.165) is 18.9 Å². The number of anilines is 1. The number of nitrogens with one attached hydrogen (secondary N) is 1. The second-order valence-corrected chi connectivity index (χ2v) is 4.33. The van der Waals surface area contributed by atoms with Crippen molar-refractivity contribution in [2.75, 3.05) is 5.32 Å². The van der Waals surface area contributed by atoms with E-state index in [0.29, 0.717) is 5.69 Å². The van der Waals surface area contributed by atoms with E-state index in [9.17, 15) is 9.18 Å². The zero-order chi connectivity index (χ0) is 12.8. The number of rotatable bonds is 5. The van der Waals surface area contributed by atoms with Crippen molar-refractivity contribution in [3.8, 4) is 0 Å². The van der Waals surface area contributed by atoms with Gasteiger partial charge in [0.05, 0.1) is 10.7 Å². The minimum atomic E-state index is -0.435. The van der Waals surface area contributed by atoms with Crippen LogP contribution in [0.2, 0.25) is 5.02 Å². The fourth-order valence-corrected chi connectivity index (χ4v) is 1.72. The number of halogens is 2. The molecule has 1 rings (SSSR count).